The number of ketones is 1. The van der Waals surface area contributed by atoms with E-state index in [1.54, 1.807) is 30.5 Å². The molecule has 6 nitrogen and oxygen atoms in total. The van der Waals surface area contributed by atoms with Crippen LogP contribution < -0.4 is 0 Å². The Hall–Kier alpha value is -3.97. The van der Waals surface area contributed by atoms with Crippen molar-refractivity contribution in [2.75, 3.05) is 0 Å². The molecule has 4 aromatic rings. The molecule has 2 aliphatic rings. The van der Waals surface area contributed by atoms with E-state index in [9.17, 15) is 14.7 Å². The van der Waals surface area contributed by atoms with Crippen molar-refractivity contribution in [2.45, 2.75) is 19.5 Å². The highest BCUT2D eigenvalue weighted by molar-refractivity contribution is 6.32. The largest absolute Gasteiger partial charge is 0.477 e. The number of nitrogens with zero attached hydrogens (tertiary/aromatic N) is 2. The second-order valence-electron chi connectivity index (χ2n) is 8.28. The molecular formula is C26H16ClFN2O4. The summed E-state index contributed by atoms with van der Waals surface area (Å²) >= 11 is 6.54. The van der Waals surface area contributed by atoms with Gasteiger partial charge in [0.15, 0.2) is 5.78 Å². The zero-order valence-corrected chi connectivity index (χ0v) is 18.4. The highest BCUT2D eigenvalue weighted by Crippen LogP contribution is 2.40. The number of allylic oxidation sites excluding steroid dienone is 4. The maximum absolute atomic E-state index is 15.0. The molecule has 2 aromatic heterocycles. The Balaban J connectivity index is 1.70. The molecule has 34 heavy (non-hydrogen) atoms. The number of carboxylic acid groups (broad SMARTS) is 1. The predicted octanol–water partition coefficient (Wildman–Crippen LogP) is 5.77. The molecular weight excluding hydrogens is 459 g/mol. The summed E-state index contributed by atoms with van der Waals surface area (Å²) in [5.41, 5.74) is 3.41. The average Bonchev–Trinajstić information content (AvgIpc) is 3.52. The van der Waals surface area contributed by atoms with E-state index in [2.05, 4.69) is 4.99 Å². The molecule has 1 aliphatic heterocycles. The molecule has 0 saturated heterocycles. The molecule has 168 valence electrons. The number of aliphatic imine (C=N–C) groups is 1. The number of furan rings is 1. The van der Waals surface area contributed by atoms with Crippen LogP contribution in [0.4, 0.5) is 4.39 Å². The summed E-state index contributed by atoms with van der Waals surface area (Å²) in [4.78, 5) is 29.7. The minimum atomic E-state index is -1.24. The number of hydrogen-bond acceptors (Lipinski definition) is 4. The van der Waals surface area contributed by atoms with Crippen molar-refractivity contribution in [1.29, 1.82) is 0 Å². The van der Waals surface area contributed by atoms with Crippen LogP contribution in [-0.4, -0.2) is 27.6 Å². The van der Waals surface area contributed by atoms with Gasteiger partial charge in [0.1, 0.15) is 17.1 Å². The van der Waals surface area contributed by atoms with Gasteiger partial charge in [-0.2, -0.15) is 0 Å². The van der Waals surface area contributed by atoms with E-state index in [1.807, 2.05) is 6.07 Å². The molecule has 8 heteroatoms. The fraction of sp³-hybridized carbons (Fsp3) is 0.115. The lowest BCUT2D eigenvalue weighted by Crippen LogP contribution is -2.14. The van der Waals surface area contributed by atoms with E-state index in [1.165, 1.54) is 23.0 Å². The SMILES string of the molecule is O=C1CC=CC=C1c1c(C(=O)O)n(Cc2cc3c(cc2Cl)C=NC3)c2cc(F)c3ccoc3c12. The number of rotatable bonds is 4. The van der Waals surface area contributed by atoms with Crippen LogP contribution in [0.5, 0.6) is 0 Å². The zero-order valence-electron chi connectivity index (χ0n) is 17.6. The summed E-state index contributed by atoms with van der Waals surface area (Å²) in [6.07, 6.45) is 8.26. The third-order valence-corrected chi connectivity index (χ3v) is 6.67. The lowest BCUT2D eigenvalue weighted by Gasteiger charge is -2.13. The number of aromatic nitrogens is 1. The Kier molecular flexibility index (Phi) is 4.57. The molecule has 0 radical (unpaired) electrons. The van der Waals surface area contributed by atoms with Gasteiger partial charge in [0.25, 0.3) is 0 Å². The number of carboxylic acids is 1. The Morgan fingerprint density at radius 1 is 1.29 bits per heavy atom. The normalized spacial score (nSPS) is 14.9. The molecule has 1 N–H and O–H groups in total. The predicted molar refractivity (Wildman–Crippen MR) is 127 cm³/mol. The number of fused-ring (bicyclic) bond motifs is 4. The van der Waals surface area contributed by atoms with E-state index in [0.29, 0.717) is 28.0 Å². The highest BCUT2D eigenvalue weighted by Gasteiger charge is 2.31. The number of hydrogen-bond donors (Lipinski definition) is 1. The lowest BCUT2D eigenvalue weighted by molar-refractivity contribution is -0.113. The molecule has 0 spiro atoms. The van der Waals surface area contributed by atoms with Crippen molar-refractivity contribution >= 4 is 57.0 Å². The molecule has 0 fully saturated rings. The van der Waals surface area contributed by atoms with Gasteiger partial charge < -0.3 is 14.1 Å². The van der Waals surface area contributed by atoms with E-state index in [0.717, 1.165) is 11.1 Å². The Labute approximate surface area is 197 Å². The molecule has 0 bridgehead atoms. The second kappa shape index (κ2) is 7.53. The third kappa shape index (κ3) is 2.97. The number of carbonyl (C=O) groups is 2. The van der Waals surface area contributed by atoms with E-state index < -0.39 is 11.8 Å². The number of benzene rings is 2. The fourth-order valence-electron chi connectivity index (χ4n) is 4.79. The number of halogens is 2. The van der Waals surface area contributed by atoms with Crippen LogP contribution in [0.2, 0.25) is 5.02 Å². The highest BCUT2D eigenvalue weighted by atomic mass is 35.5. The van der Waals surface area contributed by atoms with Crippen LogP contribution in [0, 0.1) is 5.82 Å². The van der Waals surface area contributed by atoms with Gasteiger partial charge in [-0.25, -0.2) is 9.18 Å². The Morgan fingerprint density at radius 2 is 2.15 bits per heavy atom. The first-order valence-corrected chi connectivity index (χ1v) is 11.0. The summed E-state index contributed by atoms with van der Waals surface area (Å²) in [5.74, 6) is -2.01. The monoisotopic (exact) mass is 474 g/mol. The van der Waals surface area contributed by atoms with Crippen molar-refractivity contribution in [2.24, 2.45) is 4.99 Å². The van der Waals surface area contributed by atoms with Crippen molar-refractivity contribution in [3.8, 4) is 0 Å². The Bertz CT molecular complexity index is 1650. The summed E-state index contributed by atoms with van der Waals surface area (Å²) < 4.78 is 22.1. The van der Waals surface area contributed by atoms with Gasteiger partial charge in [0.2, 0.25) is 0 Å². The van der Waals surface area contributed by atoms with Gasteiger partial charge in [-0.1, -0.05) is 29.8 Å². The van der Waals surface area contributed by atoms with Crippen LogP contribution in [0.1, 0.15) is 39.2 Å². The van der Waals surface area contributed by atoms with E-state index >= 15 is 4.39 Å². The maximum atomic E-state index is 15.0. The summed E-state index contributed by atoms with van der Waals surface area (Å²) in [6.45, 7) is 0.575. The van der Waals surface area contributed by atoms with Crippen molar-refractivity contribution in [3.05, 3.63) is 87.5 Å². The molecule has 1 aliphatic carbocycles. The van der Waals surface area contributed by atoms with Gasteiger partial charge in [-0.05, 0) is 41.0 Å². The first kappa shape index (κ1) is 20.6. The summed E-state index contributed by atoms with van der Waals surface area (Å²) in [6, 6.07) is 6.45. The first-order chi connectivity index (χ1) is 16.4. The zero-order chi connectivity index (χ0) is 23.6. The van der Waals surface area contributed by atoms with E-state index in [4.69, 9.17) is 16.0 Å². The van der Waals surface area contributed by atoms with Crippen LogP contribution in [0.15, 0.2) is 58.2 Å². The van der Waals surface area contributed by atoms with Gasteiger partial charge in [-0.3, -0.25) is 9.79 Å². The van der Waals surface area contributed by atoms with Crippen molar-refractivity contribution < 1.29 is 23.5 Å². The number of aromatic carboxylic acids is 1. The molecule has 3 heterocycles. The molecule has 0 amide bonds. The quantitative estimate of drug-likeness (QED) is 0.407. The minimum absolute atomic E-state index is 0.0627. The topological polar surface area (TPSA) is 84.8 Å². The van der Waals surface area contributed by atoms with Crippen LogP contribution in [0.25, 0.3) is 27.4 Å². The molecule has 6 rings (SSSR count). The van der Waals surface area contributed by atoms with Crippen LogP contribution in [-0.2, 0) is 17.9 Å². The van der Waals surface area contributed by atoms with Crippen molar-refractivity contribution in [3.63, 3.8) is 0 Å². The summed E-state index contributed by atoms with van der Waals surface area (Å²) in [7, 11) is 0. The number of Topliss-reactive ketones (excluding diaryl/α,β-unsaturated/α-hetero) is 1. The molecule has 0 atom stereocenters. The molecule has 2 aromatic carbocycles. The van der Waals surface area contributed by atoms with Crippen LogP contribution >= 0.6 is 11.6 Å². The summed E-state index contributed by atoms with van der Waals surface area (Å²) in [5, 5.41) is 11.4. The molecule has 0 unspecified atom stereocenters. The number of carbonyl (C=O) groups excluding carboxylic acids is 1. The standard InChI is InChI=1S/C26H16ClFN2O4/c27-18-8-14-11-29-10-13(14)7-15(18)12-30-20-9-19(28)16-5-6-34-25(16)23(20)22(24(30)26(32)33)17-3-1-2-4-21(17)31/h1-3,5-9,11H,4,10,12H2,(H,32,33). The average molecular weight is 475 g/mol. The van der Waals surface area contributed by atoms with Crippen LogP contribution in [0.3, 0.4) is 0 Å². The van der Waals surface area contributed by atoms with Gasteiger partial charge in [0, 0.05) is 35.3 Å². The fourth-order valence-corrected chi connectivity index (χ4v) is 5.03. The van der Waals surface area contributed by atoms with Gasteiger partial charge in [0.05, 0.1) is 29.1 Å². The maximum Gasteiger partial charge on any atom is 0.353 e. The third-order valence-electron chi connectivity index (χ3n) is 6.32. The second-order valence-corrected chi connectivity index (χ2v) is 8.69. The minimum Gasteiger partial charge on any atom is -0.477 e. The van der Waals surface area contributed by atoms with Gasteiger partial charge in [-0.15, -0.1) is 0 Å². The first-order valence-electron chi connectivity index (χ1n) is 10.6. The molecule has 0 saturated carbocycles. The Morgan fingerprint density at radius 3 is 2.94 bits per heavy atom. The van der Waals surface area contributed by atoms with E-state index in [-0.39, 0.29) is 46.5 Å². The smallest absolute Gasteiger partial charge is 0.353 e. The van der Waals surface area contributed by atoms with Crippen molar-refractivity contribution in [1.82, 2.24) is 4.57 Å². The van der Waals surface area contributed by atoms with Gasteiger partial charge >= 0.3 is 5.97 Å². The lowest BCUT2D eigenvalue weighted by atomic mass is 9.93.